The lowest BCUT2D eigenvalue weighted by Crippen LogP contribution is -2.38. The third kappa shape index (κ3) is 4.16. The van der Waals surface area contributed by atoms with Crippen molar-refractivity contribution in [2.24, 2.45) is 0 Å². The number of nitrogens with zero attached hydrogens (tertiary/aromatic N) is 1. The Morgan fingerprint density at radius 1 is 1.04 bits per heavy atom. The van der Waals surface area contributed by atoms with Crippen LogP contribution in [0.2, 0.25) is 0 Å². The summed E-state index contributed by atoms with van der Waals surface area (Å²) in [5, 5.41) is 10.4. The molecule has 1 atom stereocenters. The van der Waals surface area contributed by atoms with Crippen LogP contribution in [0.15, 0.2) is 48.5 Å². The molecule has 128 valence electrons. The first-order valence-corrected chi connectivity index (χ1v) is 8.82. The van der Waals surface area contributed by atoms with Gasteiger partial charge in [0.05, 0.1) is 0 Å². The molecule has 24 heavy (non-hydrogen) atoms. The van der Waals surface area contributed by atoms with E-state index in [1.54, 1.807) is 0 Å². The van der Waals surface area contributed by atoms with Gasteiger partial charge in [0.25, 0.3) is 0 Å². The van der Waals surface area contributed by atoms with E-state index in [1.807, 2.05) is 18.2 Å². The fourth-order valence-corrected chi connectivity index (χ4v) is 3.34. The van der Waals surface area contributed by atoms with Crippen LogP contribution in [-0.2, 0) is 13.0 Å². The molecule has 1 heterocycles. The van der Waals surface area contributed by atoms with Crippen molar-refractivity contribution in [2.75, 3.05) is 19.7 Å². The summed E-state index contributed by atoms with van der Waals surface area (Å²) in [6.07, 6.45) is 0.579. The van der Waals surface area contributed by atoms with Gasteiger partial charge in [0.2, 0.25) is 0 Å². The first-order chi connectivity index (χ1) is 11.6. The smallest absolute Gasteiger partial charge is 0.122 e. The number of rotatable bonds is 6. The van der Waals surface area contributed by atoms with Gasteiger partial charge >= 0.3 is 0 Å². The summed E-state index contributed by atoms with van der Waals surface area (Å²) >= 11 is 0. The highest BCUT2D eigenvalue weighted by atomic mass is 16.5. The number of aliphatic hydroxyl groups excluding tert-OH is 1. The Hall–Kier alpha value is -1.84. The molecule has 1 N–H and O–H groups in total. The first-order valence-electron chi connectivity index (χ1n) is 8.82. The molecule has 0 amide bonds. The maximum absolute atomic E-state index is 10.4. The van der Waals surface area contributed by atoms with Crippen molar-refractivity contribution >= 4 is 0 Å². The van der Waals surface area contributed by atoms with Gasteiger partial charge < -0.3 is 9.84 Å². The van der Waals surface area contributed by atoms with Gasteiger partial charge in [-0.25, -0.2) is 0 Å². The van der Waals surface area contributed by atoms with E-state index in [0.29, 0.717) is 19.1 Å². The molecule has 3 heteroatoms. The Bertz CT molecular complexity index is 668. The Morgan fingerprint density at radius 2 is 1.75 bits per heavy atom. The molecule has 3 rings (SSSR count). The van der Waals surface area contributed by atoms with E-state index in [4.69, 9.17) is 4.74 Å². The summed E-state index contributed by atoms with van der Waals surface area (Å²) in [4.78, 5) is 2.31. The quantitative estimate of drug-likeness (QED) is 0.881. The zero-order valence-corrected chi connectivity index (χ0v) is 14.6. The lowest BCUT2D eigenvalue weighted by atomic mass is 10.00. The number of aliphatic hydroxyl groups is 1. The molecule has 2 aromatic carbocycles. The third-order valence-corrected chi connectivity index (χ3v) is 4.65. The minimum Gasteiger partial charge on any atom is -0.491 e. The molecule has 0 bridgehead atoms. The molecular formula is C21H27NO2. The average Bonchev–Trinajstić information content (AvgIpc) is 2.60. The second kappa shape index (κ2) is 7.82. The van der Waals surface area contributed by atoms with E-state index in [9.17, 15) is 5.11 Å². The fourth-order valence-electron chi connectivity index (χ4n) is 3.34. The van der Waals surface area contributed by atoms with Crippen molar-refractivity contribution in [2.45, 2.75) is 38.8 Å². The lowest BCUT2D eigenvalue weighted by molar-refractivity contribution is 0.0634. The number of benzene rings is 2. The highest BCUT2D eigenvalue weighted by Crippen LogP contribution is 2.26. The average molecular weight is 325 g/mol. The van der Waals surface area contributed by atoms with Crippen molar-refractivity contribution in [1.82, 2.24) is 4.90 Å². The Morgan fingerprint density at radius 3 is 2.54 bits per heavy atom. The Kier molecular flexibility index (Phi) is 5.54. The van der Waals surface area contributed by atoms with Gasteiger partial charge in [-0.15, -0.1) is 0 Å². The van der Waals surface area contributed by atoms with Crippen LogP contribution < -0.4 is 4.74 Å². The first kappa shape index (κ1) is 17.0. The number of ether oxygens (including phenoxy) is 1. The zero-order valence-electron chi connectivity index (χ0n) is 14.6. The van der Waals surface area contributed by atoms with Crippen molar-refractivity contribution in [3.8, 4) is 5.75 Å². The summed E-state index contributed by atoms with van der Waals surface area (Å²) in [5.74, 6) is 1.30. The Balaban J connectivity index is 1.53. The molecule has 0 spiro atoms. The normalized spacial score (nSPS) is 16.0. The van der Waals surface area contributed by atoms with Crippen LogP contribution in [0.1, 0.15) is 36.5 Å². The van der Waals surface area contributed by atoms with Crippen molar-refractivity contribution in [3.63, 3.8) is 0 Å². The molecule has 0 saturated heterocycles. The van der Waals surface area contributed by atoms with E-state index in [1.165, 1.54) is 16.7 Å². The van der Waals surface area contributed by atoms with E-state index < -0.39 is 6.10 Å². The van der Waals surface area contributed by atoms with Crippen molar-refractivity contribution in [1.29, 1.82) is 0 Å². The van der Waals surface area contributed by atoms with Crippen LogP contribution in [0.25, 0.3) is 0 Å². The number of β-amino-alcohol motifs (C(OH)–C–C–N with tert-alkyl or cyclic N) is 1. The SMILES string of the molecule is CC(C)c1ccccc1OCC(O)CN1CCc2ccccc2C1. The van der Waals surface area contributed by atoms with Gasteiger partial charge in [-0.2, -0.15) is 0 Å². The van der Waals surface area contributed by atoms with Crippen LogP contribution in [0, 0.1) is 0 Å². The van der Waals surface area contributed by atoms with E-state index >= 15 is 0 Å². The maximum Gasteiger partial charge on any atom is 0.122 e. The summed E-state index contributed by atoms with van der Waals surface area (Å²) < 4.78 is 5.89. The van der Waals surface area contributed by atoms with Crippen LogP contribution in [0.3, 0.4) is 0 Å². The minimum absolute atomic E-state index is 0.335. The minimum atomic E-state index is -0.476. The van der Waals surface area contributed by atoms with Crippen LogP contribution in [0.5, 0.6) is 5.75 Å². The van der Waals surface area contributed by atoms with Crippen LogP contribution >= 0.6 is 0 Å². The summed E-state index contributed by atoms with van der Waals surface area (Å²) in [5.41, 5.74) is 4.00. The molecule has 0 aliphatic carbocycles. The number of hydrogen-bond donors (Lipinski definition) is 1. The van der Waals surface area contributed by atoms with E-state index in [2.05, 4.69) is 49.1 Å². The van der Waals surface area contributed by atoms with Crippen molar-refractivity contribution in [3.05, 3.63) is 65.2 Å². The Labute approximate surface area is 144 Å². The number of fused-ring (bicyclic) bond motifs is 1. The van der Waals surface area contributed by atoms with Gasteiger partial charge in [-0.3, -0.25) is 4.90 Å². The molecule has 1 aliphatic heterocycles. The highest BCUT2D eigenvalue weighted by Gasteiger charge is 2.19. The molecule has 3 nitrogen and oxygen atoms in total. The summed E-state index contributed by atoms with van der Waals surface area (Å²) in [6, 6.07) is 16.7. The molecule has 1 aliphatic rings. The fraction of sp³-hybridized carbons (Fsp3) is 0.429. The maximum atomic E-state index is 10.4. The summed E-state index contributed by atoms with van der Waals surface area (Å²) in [7, 11) is 0. The summed E-state index contributed by atoms with van der Waals surface area (Å²) in [6.45, 7) is 7.21. The molecule has 0 fully saturated rings. The van der Waals surface area contributed by atoms with E-state index in [-0.39, 0.29) is 0 Å². The van der Waals surface area contributed by atoms with Crippen LogP contribution in [0.4, 0.5) is 0 Å². The molecule has 0 aromatic heterocycles. The second-order valence-corrected chi connectivity index (χ2v) is 6.91. The molecule has 2 aromatic rings. The van der Waals surface area contributed by atoms with Gasteiger partial charge in [0, 0.05) is 19.6 Å². The van der Waals surface area contributed by atoms with Crippen LogP contribution in [-0.4, -0.2) is 35.8 Å². The predicted octanol–water partition coefficient (Wildman–Crippen LogP) is 3.61. The standard InChI is InChI=1S/C21H27NO2/c1-16(2)20-9-5-6-10-21(20)24-15-19(23)14-22-12-11-17-7-3-4-8-18(17)13-22/h3-10,16,19,23H,11-15H2,1-2H3. The molecule has 1 unspecified atom stereocenters. The van der Waals surface area contributed by atoms with Crippen molar-refractivity contribution < 1.29 is 9.84 Å². The third-order valence-electron chi connectivity index (χ3n) is 4.65. The second-order valence-electron chi connectivity index (χ2n) is 6.91. The van der Waals surface area contributed by atoms with Gasteiger partial charge in [0.1, 0.15) is 18.5 Å². The number of para-hydroxylation sites is 1. The highest BCUT2D eigenvalue weighted by molar-refractivity contribution is 5.35. The topological polar surface area (TPSA) is 32.7 Å². The monoisotopic (exact) mass is 325 g/mol. The molecule has 0 saturated carbocycles. The van der Waals surface area contributed by atoms with Gasteiger partial charge in [0.15, 0.2) is 0 Å². The molecule has 0 radical (unpaired) electrons. The van der Waals surface area contributed by atoms with E-state index in [0.717, 1.165) is 25.3 Å². The number of hydrogen-bond acceptors (Lipinski definition) is 3. The van der Waals surface area contributed by atoms with Gasteiger partial charge in [-0.05, 0) is 35.1 Å². The van der Waals surface area contributed by atoms with Gasteiger partial charge in [-0.1, -0.05) is 56.3 Å². The molecular weight excluding hydrogens is 298 g/mol. The largest absolute Gasteiger partial charge is 0.491 e. The zero-order chi connectivity index (χ0) is 16.9. The predicted molar refractivity (Wildman–Crippen MR) is 97.5 cm³/mol. The lowest BCUT2D eigenvalue weighted by Gasteiger charge is -2.30.